The summed E-state index contributed by atoms with van der Waals surface area (Å²) in [6, 6.07) is 10.4. The van der Waals surface area contributed by atoms with Gasteiger partial charge in [0.15, 0.2) is 0 Å². The molecule has 1 aromatic carbocycles. The van der Waals surface area contributed by atoms with E-state index < -0.39 is 5.97 Å². The largest absolute Gasteiger partial charge is 0.478 e. The second kappa shape index (κ2) is 6.80. The predicted molar refractivity (Wildman–Crippen MR) is 74.6 cm³/mol. The van der Waals surface area contributed by atoms with Crippen molar-refractivity contribution in [1.29, 1.82) is 0 Å². The molecule has 0 unspecified atom stereocenters. The summed E-state index contributed by atoms with van der Waals surface area (Å²) in [4.78, 5) is 10.3. The Labute approximate surface area is 109 Å². The fraction of sp³-hybridized carbons (Fsp3) is 0.312. The molecule has 2 heteroatoms. The van der Waals surface area contributed by atoms with Crippen molar-refractivity contribution in [2.45, 2.75) is 32.1 Å². The fourth-order valence-electron chi connectivity index (χ4n) is 1.79. The highest BCUT2D eigenvalue weighted by molar-refractivity contribution is 5.80. The van der Waals surface area contributed by atoms with Crippen LogP contribution in [0.25, 0.3) is 0 Å². The van der Waals surface area contributed by atoms with Crippen molar-refractivity contribution < 1.29 is 9.90 Å². The van der Waals surface area contributed by atoms with E-state index >= 15 is 0 Å². The van der Waals surface area contributed by atoms with E-state index in [0.29, 0.717) is 0 Å². The van der Waals surface area contributed by atoms with Crippen molar-refractivity contribution in [3.8, 4) is 0 Å². The molecule has 18 heavy (non-hydrogen) atoms. The maximum atomic E-state index is 10.3. The van der Waals surface area contributed by atoms with Crippen LogP contribution >= 0.6 is 0 Å². The Hall–Kier alpha value is -1.83. The normalized spacial score (nSPS) is 12.3. The lowest BCUT2D eigenvalue weighted by Crippen LogP contribution is -2.16. The number of carbonyl (C=O) groups is 1. The minimum absolute atomic E-state index is 0.141. The molecule has 0 atom stereocenters. The Morgan fingerprint density at radius 3 is 2.50 bits per heavy atom. The molecule has 0 aromatic heterocycles. The van der Waals surface area contributed by atoms with Gasteiger partial charge < -0.3 is 5.11 Å². The molecule has 0 fully saturated rings. The third kappa shape index (κ3) is 5.00. The van der Waals surface area contributed by atoms with Crippen LogP contribution in [-0.2, 0) is 10.2 Å². The molecular formula is C16H20O2. The highest BCUT2D eigenvalue weighted by Crippen LogP contribution is 2.28. The number of benzene rings is 1. The van der Waals surface area contributed by atoms with Crippen LogP contribution in [0.3, 0.4) is 0 Å². The zero-order valence-corrected chi connectivity index (χ0v) is 11.0. The van der Waals surface area contributed by atoms with Crippen LogP contribution < -0.4 is 0 Å². The quantitative estimate of drug-likeness (QED) is 0.608. The Kier molecular flexibility index (Phi) is 5.37. The van der Waals surface area contributed by atoms with Gasteiger partial charge >= 0.3 is 5.97 Å². The van der Waals surface area contributed by atoms with Crippen molar-refractivity contribution >= 4 is 5.97 Å². The zero-order chi connectivity index (χ0) is 13.4. The van der Waals surface area contributed by atoms with Gasteiger partial charge in [-0.05, 0) is 23.8 Å². The zero-order valence-electron chi connectivity index (χ0n) is 11.0. The van der Waals surface area contributed by atoms with Gasteiger partial charge in [0.2, 0.25) is 0 Å². The molecule has 0 aliphatic carbocycles. The molecule has 0 aliphatic rings. The van der Waals surface area contributed by atoms with Crippen molar-refractivity contribution in [2.75, 3.05) is 0 Å². The Bertz CT molecular complexity index is 428. The van der Waals surface area contributed by atoms with Gasteiger partial charge in [0.05, 0.1) is 0 Å². The van der Waals surface area contributed by atoms with Crippen molar-refractivity contribution in [3.63, 3.8) is 0 Å². The summed E-state index contributed by atoms with van der Waals surface area (Å²) in [5.41, 5.74) is 1.47. The van der Waals surface area contributed by atoms with Gasteiger partial charge in [0.1, 0.15) is 0 Å². The van der Waals surface area contributed by atoms with E-state index in [0.717, 1.165) is 18.9 Å². The second-order valence-corrected chi connectivity index (χ2v) is 4.91. The van der Waals surface area contributed by atoms with Crippen LogP contribution in [0.4, 0.5) is 0 Å². The first-order valence-electron chi connectivity index (χ1n) is 6.14. The van der Waals surface area contributed by atoms with Crippen LogP contribution in [0.2, 0.25) is 0 Å². The van der Waals surface area contributed by atoms with Gasteiger partial charge in [0, 0.05) is 6.08 Å². The van der Waals surface area contributed by atoms with Gasteiger partial charge in [-0.2, -0.15) is 0 Å². The fourth-order valence-corrected chi connectivity index (χ4v) is 1.79. The number of carboxylic acid groups (broad SMARTS) is 1. The predicted octanol–water partition coefficient (Wildman–Crippen LogP) is 3.94. The van der Waals surface area contributed by atoms with Crippen molar-refractivity contribution in [1.82, 2.24) is 0 Å². The molecule has 0 spiro atoms. The summed E-state index contributed by atoms with van der Waals surface area (Å²) >= 11 is 0. The SMILES string of the molecule is CC(C)(CCC=CC=CC(=O)O)c1ccccc1. The van der Waals surface area contributed by atoms with E-state index in [4.69, 9.17) is 5.11 Å². The molecule has 0 saturated heterocycles. The third-order valence-electron chi connectivity index (χ3n) is 2.98. The Morgan fingerprint density at radius 1 is 1.22 bits per heavy atom. The minimum atomic E-state index is -0.913. The number of rotatable bonds is 6. The number of carboxylic acids is 1. The number of hydrogen-bond donors (Lipinski definition) is 1. The lowest BCUT2D eigenvalue weighted by Gasteiger charge is -2.24. The summed E-state index contributed by atoms with van der Waals surface area (Å²) < 4.78 is 0. The Morgan fingerprint density at radius 2 is 1.89 bits per heavy atom. The number of allylic oxidation sites excluding steroid dienone is 3. The average Bonchev–Trinajstić information content (AvgIpc) is 2.34. The first-order valence-corrected chi connectivity index (χ1v) is 6.14. The summed E-state index contributed by atoms with van der Waals surface area (Å²) in [6.45, 7) is 4.45. The molecule has 0 amide bonds. The van der Waals surface area contributed by atoms with Crippen LogP contribution in [0.1, 0.15) is 32.3 Å². The van der Waals surface area contributed by atoms with Crippen molar-refractivity contribution in [2.24, 2.45) is 0 Å². The van der Waals surface area contributed by atoms with Gasteiger partial charge in [0.25, 0.3) is 0 Å². The molecule has 1 N–H and O–H groups in total. The molecule has 1 rings (SSSR count). The molecule has 0 bridgehead atoms. The Balaban J connectivity index is 2.46. The van der Waals surface area contributed by atoms with E-state index in [-0.39, 0.29) is 5.41 Å². The van der Waals surface area contributed by atoms with E-state index in [1.54, 1.807) is 12.2 Å². The van der Waals surface area contributed by atoms with Crippen LogP contribution in [0.15, 0.2) is 54.6 Å². The molecular weight excluding hydrogens is 224 g/mol. The summed E-state index contributed by atoms with van der Waals surface area (Å²) in [6.07, 6.45) is 8.45. The maximum absolute atomic E-state index is 10.3. The summed E-state index contributed by atoms with van der Waals surface area (Å²) in [5, 5.41) is 8.43. The highest BCUT2D eigenvalue weighted by Gasteiger charge is 2.18. The molecule has 0 aliphatic heterocycles. The summed E-state index contributed by atoms with van der Waals surface area (Å²) in [5.74, 6) is -0.913. The molecule has 1 aromatic rings. The molecule has 0 radical (unpaired) electrons. The summed E-state index contributed by atoms with van der Waals surface area (Å²) in [7, 11) is 0. The first kappa shape index (κ1) is 14.2. The van der Waals surface area contributed by atoms with E-state index in [9.17, 15) is 4.79 Å². The highest BCUT2D eigenvalue weighted by atomic mass is 16.4. The van der Waals surface area contributed by atoms with Gasteiger partial charge in [-0.25, -0.2) is 4.79 Å². The van der Waals surface area contributed by atoms with Crippen molar-refractivity contribution in [3.05, 3.63) is 60.2 Å². The molecule has 2 nitrogen and oxygen atoms in total. The monoisotopic (exact) mass is 244 g/mol. The van der Waals surface area contributed by atoms with Gasteiger partial charge in [-0.3, -0.25) is 0 Å². The standard InChI is InChI=1S/C16H20O2/c1-16(2,14-10-6-5-7-11-14)13-9-4-3-8-12-15(17)18/h3-8,10-12H,9,13H2,1-2H3,(H,17,18). The molecule has 96 valence electrons. The minimum Gasteiger partial charge on any atom is -0.478 e. The average molecular weight is 244 g/mol. The smallest absolute Gasteiger partial charge is 0.328 e. The second-order valence-electron chi connectivity index (χ2n) is 4.91. The molecule has 0 heterocycles. The van der Waals surface area contributed by atoms with Gasteiger partial charge in [-0.15, -0.1) is 0 Å². The topological polar surface area (TPSA) is 37.3 Å². The number of aliphatic carboxylic acids is 1. The van der Waals surface area contributed by atoms with Crippen LogP contribution in [0.5, 0.6) is 0 Å². The maximum Gasteiger partial charge on any atom is 0.328 e. The van der Waals surface area contributed by atoms with E-state index in [2.05, 4.69) is 38.1 Å². The lowest BCUT2D eigenvalue weighted by atomic mass is 9.80. The number of hydrogen-bond acceptors (Lipinski definition) is 1. The van der Waals surface area contributed by atoms with Gasteiger partial charge in [-0.1, -0.05) is 62.4 Å². The lowest BCUT2D eigenvalue weighted by molar-refractivity contribution is -0.131. The third-order valence-corrected chi connectivity index (χ3v) is 2.98. The van der Waals surface area contributed by atoms with E-state index in [1.165, 1.54) is 5.56 Å². The molecule has 0 saturated carbocycles. The first-order chi connectivity index (χ1) is 8.52. The van der Waals surface area contributed by atoms with Crippen LogP contribution in [0, 0.1) is 0 Å². The van der Waals surface area contributed by atoms with Crippen LogP contribution in [-0.4, -0.2) is 11.1 Å². The van der Waals surface area contributed by atoms with E-state index in [1.807, 2.05) is 12.1 Å².